The highest BCUT2D eigenvalue weighted by molar-refractivity contribution is 9.09. The molecule has 1 N–H and O–H groups in total. The fourth-order valence-electron chi connectivity index (χ4n) is 1.58. The third kappa shape index (κ3) is 6.18. The number of hydrogen-bond acceptors (Lipinski definition) is 1. The van der Waals surface area contributed by atoms with Gasteiger partial charge in [0.05, 0.1) is 0 Å². The van der Waals surface area contributed by atoms with Crippen LogP contribution in [0.25, 0.3) is 0 Å². The van der Waals surface area contributed by atoms with E-state index in [1.807, 2.05) is 6.92 Å². The van der Waals surface area contributed by atoms with Crippen molar-refractivity contribution in [3.63, 3.8) is 0 Å². The van der Waals surface area contributed by atoms with Gasteiger partial charge in [-0.2, -0.15) is 0 Å². The van der Waals surface area contributed by atoms with Gasteiger partial charge in [0.15, 0.2) is 0 Å². The van der Waals surface area contributed by atoms with Gasteiger partial charge >= 0.3 is 0 Å². The van der Waals surface area contributed by atoms with Crippen LogP contribution in [0.15, 0.2) is 0 Å². The molecule has 0 saturated carbocycles. The molecular weight excluding hydrogens is 254 g/mol. The van der Waals surface area contributed by atoms with Crippen molar-refractivity contribution in [2.75, 3.05) is 5.33 Å². The topological polar surface area (TPSA) is 29.1 Å². The molecule has 0 fully saturated rings. The Morgan fingerprint density at radius 3 is 2.27 bits per heavy atom. The Labute approximate surface area is 102 Å². The maximum atomic E-state index is 11.8. The van der Waals surface area contributed by atoms with Crippen LogP contribution in [0.2, 0.25) is 0 Å². The Balaban J connectivity index is 4.09. The smallest absolute Gasteiger partial charge is 0.223 e. The maximum Gasteiger partial charge on any atom is 0.223 e. The molecule has 2 atom stereocenters. The molecule has 0 aromatic carbocycles. The van der Waals surface area contributed by atoms with Gasteiger partial charge in [-0.25, -0.2) is 0 Å². The zero-order valence-electron chi connectivity index (χ0n) is 10.3. The number of carbonyl (C=O) groups excluding carboxylic acids is 1. The molecule has 3 heteroatoms. The number of alkyl halides is 1. The van der Waals surface area contributed by atoms with Gasteiger partial charge in [0, 0.05) is 17.3 Å². The first-order valence-electron chi connectivity index (χ1n) is 5.89. The van der Waals surface area contributed by atoms with E-state index in [0.717, 1.165) is 24.6 Å². The standard InChI is InChI=1S/C12H24BrNO/c1-5-6-10(4)12(15)14-11(7-8-13)9(2)3/h9-11H,5-8H2,1-4H3,(H,14,15). The normalized spacial score (nSPS) is 15.1. The summed E-state index contributed by atoms with van der Waals surface area (Å²) in [5, 5.41) is 4.08. The summed E-state index contributed by atoms with van der Waals surface area (Å²) in [6, 6.07) is 0.302. The molecule has 0 aliphatic rings. The van der Waals surface area contributed by atoms with Crippen molar-refractivity contribution in [3.05, 3.63) is 0 Å². The van der Waals surface area contributed by atoms with E-state index in [2.05, 4.69) is 42.0 Å². The Morgan fingerprint density at radius 2 is 1.87 bits per heavy atom. The second-order valence-electron chi connectivity index (χ2n) is 4.53. The average Bonchev–Trinajstić information content (AvgIpc) is 2.17. The number of halogens is 1. The second-order valence-corrected chi connectivity index (χ2v) is 5.32. The van der Waals surface area contributed by atoms with Gasteiger partial charge in [0.2, 0.25) is 5.91 Å². The van der Waals surface area contributed by atoms with Crippen LogP contribution in [0.4, 0.5) is 0 Å². The molecule has 0 radical (unpaired) electrons. The Bertz CT molecular complexity index is 182. The molecule has 0 heterocycles. The van der Waals surface area contributed by atoms with E-state index < -0.39 is 0 Å². The van der Waals surface area contributed by atoms with E-state index in [0.29, 0.717) is 12.0 Å². The Hall–Kier alpha value is -0.0500. The van der Waals surface area contributed by atoms with Gasteiger partial charge in [-0.1, -0.05) is 50.0 Å². The molecule has 2 nitrogen and oxygen atoms in total. The summed E-state index contributed by atoms with van der Waals surface area (Å²) in [7, 11) is 0. The minimum atomic E-state index is 0.145. The second kappa shape index (κ2) is 8.14. The molecule has 0 aliphatic carbocycles. The number of rotatable bonds is 7. The van der Waals surface area contributed by atoms with E-state index in [1.54, 1.807) is 0 Å². The third-order valence-corrected chi connectivity index (χ3v) is 3.18. The summed E-state index contributed by atoms with van der Waals surface area (Å²) in [5.74, 6) is 0.850. The van der Waals surface area contributed by atoms with Gasteiger partial charge in [0.1, 0.15) is 0 Å². The first-order chi connectivity index (χ1) is 7.02. The lowest BCUT2D eigenvalue weighted by molar-refractivity contribution is -0.125. The van der Waals surface area contributed by atoms with Crippen LogP contribution in [0.1, 0.15) is 47.0 Å². The zero-order chi connectivity index (χ0) is 11.8. The van der Waals surface area contributed by atoms with Crippen molar-refractivity contribution in [2.45, 2.75) is 53.0 Å². The van der Waals surface area contributed by atoms with Crippen LogP contribution in [-0.2, 0) is 4.79 Å². The van der Waals surface area contributed by atoms with Crippen molar-refractivity contribution >= 4 is 21.8 Å². The lowest BCUT2D eigenvalue weighted by Crippen LogP contribution is -2.41. The highest BCUT2D eigenvalue weighted by Gasteiger charge is 2.18. The molecule has 1 amide bonds. The molecule has 0 rings (SSSR count). The van der Waals surface area contributed by atoms with E-state index in [4.69, 9.17) is 0 Å². The highest BCUT2D eigenvalue weighted by Crippen LogP contribution is 2.11. The molecule has 0 spiro atoms. The Morgan fingerprint density at radius 1 is 1.27 bits per heavy atom. The maximum absolute atomic E-state index is 11.8. The van der Waals surface area contributed by atoms with Crippen LogP contribution in [0, 0.1) is 11.8 Å². The Kier molecular flexibility index (Phi) is 8.12. The van der Waals surface area contributed by atoms with Crippen molar-refractivity contribution in [1.82, 2.24) is 5.32 Å². The van der Waals surface area contributed by atoms with Crippen LogP contribution >= 0.6 is 15.9 Å². The molecule has 0 saturated heterocycles. The van der Waals surface area contributed by atoms with Gasteiger partial charge in [-0.05, 0) is 18.8 Å². The summed E-state index contributed by atoms with van der Waals surface area (Å²) in [5.41, 5.74) is 0. The van der Waals surface area contributed by atoms with Crippen molar-refractivity contribution in [1.29, 1.82) is 0 Å². The van der Waals surface area contributed by atoms with Crippen molar-refractivity contribution in [2.24, 2.45) is 11.8 Å². The van der Waals surface area contributed by atoms with Crippen LogP contribution in [0.3, 0.4) is 0 Å². The van der Waals surface area contributed by atoms with E-state index in [1.165, 1.54) is 0 Å². The lowest BCUT2D eigenvalue weighted by Gasteiger charge is -2.23. The number of carbonyl (C=O) groups is 1. The molecular formula is C12H24BrNO. The van der Waals surface area contributed by atoms with Gasteiger partial charge in [-0.3, -0.25) is 4.79 Å². The van der Waals surface area contributed by atoms with E-state index in [-0.39, 0.29) is 11.8 Å². The predicted molar refractivity (Wildman–Crippen MR) is 69.3 cm³/mol. The largest absolute Gasteiger partial charge is 0.353 e. The number of nitrogens with one attached hydrogen (secondary N) is 1. The van der Waals surface area contributed by atoms with Gasteiger partial charge in [0.25, 0.3) is 0 Å². The van der Waals surface area contributed by atoms with Gasteiger partial charge < -0.3 is 5.32 Å². The first kappa shape index (κ1) is 14.9. The molecule has 0 aliphatic heterocycles. The first-order valence-corrected chi connectivity index (χ1v) is 7.01. The molecule has 15 heavy (non-hydrogen) atoms. The summed E-state index contributed by atoms with van der Waals surface area (Å²) in [6.45, 7) is 8.42. The summed E-state index contributed by atoms with van der Waals surface area (Å²) in [6.07, 6.45) is 3.05. The van der Waals surface area contributed by atoms with E-state index in [9.17, 15) is 4.79 Å². The fourth-order valence-corrected chi connectivity index (χ4v) is 2.07. The van der Waals surface area contributed by atoms with E-state index >= 15 is 0 Å². The number of amides is 1. The third-order valence-electron chi connectivity index (χ3n) is 2.72. The van der Waals surface area contributed by atoms with Crippen molar-refractivity contribution < 1.29 is 4.79 Å². The molecule has 2 unspecified atom stereocenters. The molecule has 0 bridgehead atoms. The van der Waals surface area contributed by atoms with Crippen LogP contribution in [-0.4, -0.2) is 17.3 Å². The predicted octanol–water partition coefficient (Wildman–Crippen LogP) is 3.35. The quantitative estimate of drug-likeness (QED) is 0.711. The minimum absolute atomic E-state index is 0.145. The SMILES string of the molecule is CCCC(C)C(=O)NC(CCBr)C(C)C. The highest BCUT2D eigenvalue weighted by atomic mass is 79.9. The number of hydrogen-bond donors (Lipinski definition) is 1. The fraction of sp³-hybridized carbons (Fsp3) is 0.917. The average molecular weight is 278 g/mol. The van der Waals surface area contributed by atoms with Crippen LogP contribution < -0.4 is 5.32 Å². The monoisotopic (exact) mass is 277 g/mol. The molecule has 0 aromatic rings. The minimum Gasteiger partial charge on any atom is -0.353 e. The zero-order valence-corrected chi connectivity index (χ0v) is 11.9. The van der Waals surface area contributed by atoms with Gasteiger partial charge in [-0.15, -0.1) is 0 Å². The lowest BCUT2D eigenvalue weighted by atomic mass is 9.99. The van der Waals surface area contributed by atoms with Crippen LogP contribution in [0.5, 0.6) is 0 Å². The van der Waals surface area contributed by atoms with Crippen molar-refractivity contribution in [3.8, 4) is 0 Å². The summed E-state index contributed by atoms with van der Waals surface area (Å²) >= 11 is 3.42. The molecule has 0 aromatic heterocycles. The summed E-state index contributed by atoms with van der Waals surface area (Å²) < 4.78 is 0. The molecule has 90 valence electrons. The summed E-state index contributed by atoms with van der Waals surface area (Å²) in [4.78, 5) is 11.8.